The highest BCUT2D eigenvalue weighted by Crippen LogP contribution is 2.29. The predicted molar refractivity (Wildman–Crippen MR) is 69.6 cm³/mol. The van der Waals surface area contributed by atoms with Crippen LogP contribution in [0.4, 0.5) is 4.39 Å². The van der Waals surface area contributed by atoms with Crippen LogP contribution in [0.25, 0.3) is 0 Å². The fourth-order valence-corrected chi connectivity index (χ4v) is 1.97. The average molecular weight is 309 g/mol. The number of hydrogen-bond acceptors (Lipinski definition) is 2. The number of carbonyl (C=O) groups is 1. The summed E-state index contributed by atoms with van der Waals surface area (Å²) in [6.07, 6.45) is 0.408. The molecule has 0 spiro atoms. The highest BCUT2D eigenvalue weighted by Gasteiger charge is 2.31. The first kappa shape index (κ1) is 12.9. The monoisotopic (exact) mass is 308 g/mol. The first-order valence-corrected chi connectivity index (χ1v) is 6.07. The maximum atomic E-state index is 13.5. The summed E-state index contributed by atoms with van der Waals surface area (Å²) >= 11 is 3.03. The average Bonchev–Trinajstić information content (AvgIpc) is 2.42. The van der Waals surface area contributed by atoms with Crippen LogP contribution in [0.1, 0.15) is 11.1 Å². The minimum atomic E-state index is -1.83. The zero-order chi connectivity index (χ0) is 13.2. The molecule has 0 radical (unpaired) electrons. The van der Waals surface area contributed by atoms with E-state index in [0.29, 0.717) is 11.8 Å². The fourth-order valence-electron chi connectivity index (χ4n) is 1.73. The second-order valence-corrected chi connectivity index (χ2v) is 4.73. The maximum Gasteiger partial charge on any atom is 0.170 e. The molecule has 0 bridgehead atoms. The smallest absolute Gasteiger partial charge is 0.170 e. The van der Waals surface area contributed by atoms with Crippen LogP contribution in [-0.2, 0) is 10.4 Å². The number of carbonyl (C=O) groups excluding carboxylic acids is 1. The minimum Gasteiger partial charge on any atom is -0.373 e. The molecule has 0 aliphatic carbocycles. The zero-order valence-electron chi connectivity index (χ0n) is 9.31. The van der Waals surface area contributed by atoms with Crippen LogP contribution in [0.3, 0.4) is 0 Å². The molecule has 2 rings (SSSR count). The van der Waals surface area contributed by atoms with Gasteiger partial charge in [-0.3, -0.25) is 4.79 Å². The second-order valence-electron chi connectivity index (χ2n) is 3.88. The molecular formula is C14H10BrFO2. The summed E-state index contributed by atoms with van der Waals surface area (Å²) in [7, 11) is 0. The summed E-state index contributed by atoms with van der Waals surface area (Å²) in [5, 5.41) is 10.4. The summed E-state index contributed by atoms with van der Waals surface area (Å²) in [6, 6.07) is 12.5. The predicted octanol–water partition coefficient (Wildman–Crippen LogP) is 3.02. The molecule has 0 aliphatic heterocycles. The molecule has 2 aromatic rings. The van der Waals surface area contributed by atoms with Crippen molar-refractivity contribution >= 4 is 22.2 Å². The number of halogens is 2. The van der Waals surface area contributed by atoms with Gasteiger partial charge in [0.05, 0.1) is 4.47 Å². The molecule has 0 heterocycles. The van der Waals surface area contributed by atoms with E-state index in [1.165, 1.54) is 12.1 Å². The maximum absolute atomic E-state index is 13.5. The molecule has 0 amide bonds. The lowest BCUT2D eigenvalue weighted by Gasteiger charge is -2.23. The molecule has 4 heteroatoms. The van der Waals surface area contributed by atoms with Gasteiger partial charge in [-0.2, -0.15) is 0 Å². The van der Waals surface area contributed by atoms with Gasteiger partial charge < -0.3 is 5.11 Å². The Morgan fingerprint density at radius 2 is 1.78 bits per heavy atom. The Kier molecular flexibility index (Phi) is 3.59. The summed E-state index contributed by atoms with van der Waals surface area (Å²) in [5.74, 6) is -0.524. The molecule has 2 nitrogen and oxygen atoms in total. The van der Waals surface area contributed by atoms with E-state index in [0.717, 1.165) is 6.07 Å². The van der Waals surface area contributed by atoms with Gasteiger partial charge in [0.15, 0.2) is 11.9 Å². The Morgan fingerprint density at radius 1 is 1.11 bits per heavy atom. The van der Waals surface area contributed by atoms with E-state index in [2.05, 4.69) is 15.9 Å². The summed E-state index contributed by atoms with van der Waals surface area (Å²) in [4.78, 5) is 11.2. The number of rotatable bonds is 3. The Bertz CT molecular complexity index is 571. The van der Waals surface area contributed by atoms with Crippen LogP contribution in [0.2, 0.25) is 0 Å². The summed E-state index contributed by atoms with van der Waals surface area (Å²) < 4.78 is 13.8. The van der Waals surface area contributed by atoms with E-state index >= 15 is 0 Å². The number of benzene rings is 2. The van der Waals surface area contributed by atoms with Crippen molar-refractivity contribution in [2.45, 2.75) is 5.60 Å². The molecule has 0 saturated carbocycles. The van der Waals surface area contributed by atoms with Gasteiger partial charge in [-0.1, -0.05) is 36.4 Å². The van der Waals surface area contributed by atoms with E-state index in [9.17, 15) is 14.3 Å². The van der Waals surface area contributed by atoms with E-state index < -0.39 is 11.4 Å². The van der Waals surface area contributed by atoms with E-state index in [4.69, 9.17) is 0 Å². The van der Waals surface area contributed by atoms with Gasteiger partial charge in [0.1, 0.15) is 5.82 Å². The van der Waals surface area contributed by atoms with Gasteiger partial charge in [0, 0.05) is 0 Å². The Balaban J connectivity index is 2.57. The molecule has 1 atom stereocenters. The van der Waals surface area contributed by atoms with Crippen LogP contribution in [0.15, 0.2) is 53.0 Å². The lowest BCUT2D eigenvalue weighted by Crippen LogP contribution is -2.29. The van der Waals surface area contributed by atoms with Crippen LogP contribution < -0.4 is 0 Å². The number of aliphatic hydroxyl groups is 1. The highest BCUT2D eigenvalue weighted by molar-refractivity contribution is 9.10. The zero-order valence-corrected chi connectivity index (χ0v) is 10.9. The molecule has 0 fully saturated rings. The van der Waals surface area contributed by atoms with Gasteiger partial charge >= 0.3 is 0 Å². The van der Waals surface area contributed by atoms with E-state index in [-0.39, 0.29) is 10.0 Å². The lowest BCUT2D eigenvalue weighted by atomic mass is 9.88. The van der Waals surface area contributed by atoms with Crippen molar-refractivity contribution in [2.24, 2.45) is 0 Å². The minimum absolute atomic E-state index is 0.199. The molecule has 1 N–H and O–H groups in total. The van der Waals surface area contributed by atoms with Crippen LogP contribution in [0, 0.1) is 5.82 Å². The van der Waals surface area contributed by atoms with Crippen molar-refractivity contribution in [3.63, 3.8) is 0 Å². The normalized spacial score (nSPS) is 13.9. The first-order valence-electron chi connectivity index (χ1n) is 5.27. The SMILES string of the molecule is O=CC(O)(c1ccccc1)c1ccc(Br)c(F)c1. The lowest BCUT2D eigenvalue weighted by molar-refractivity contribution is -0.121. The molecule has 0 saturated heterocycles. The Hall–Kier alpha value is -1.52. The van der Waals surface area contributed by atoms with Crippen LogP contribution >= 0.6 is 15.9 Å². The number of aldehydes is 1. The molecule has 0 aliphatic rings. The Labute approximate surface area is 112 Å². The molecule has 1 unspecified atom stereocenters. The Morgan fingerprint density at radius 3 is 2.33 bits per heavy atom. The topological polar surface area (TPSA) is 37.3 Å². The van der Waals surface area contributed by atoms with Gasteiger partial charge in [0.25, 0.3) is 0 Å². The van der Waals surface area contributed by atoms with E-state index in [1.807, 2.05) is 0 Å². The molecular weight excluding hydrogens is 299 g/mol. The van der Waals surface area contributed by atoms with Gasteiger partial charge in [-0.25, -0.2) is 4.39 Å². The van der Waals surface area contributed by atoms with Gasteiger partial charge in [0.2, 0.25) is 0 Å². The third kappa shape index (κ3) is 2.21. The first-order chi connectivity index (χ1) is 8.58. The largest absolute Gasteiger partial charge is 0.373 e. The van der Waals surface area contributed by atoms with Crippen molar-refractivity contribution < 1.29 is 14.3 Å². The van der Waals surface area contributed by atoms with Crippen molar-refractivity contribution in [1.82, 2.24) is 0 Å². The van der Waals surface area contributed by atoms with Gasteiger partial charge in [-0.05, 0) is 39.2 Å². The van der Waals surface area contributed by atoms with Crippen molar-refractivity contribution in [2.75, 3.05) is 0 Å². The molecule has 18 heavy (non-hydrogen) atoms. The standard InChI is InChI=1S/C14H10BrFO2/c15-12-7-6-11(8-13(12)16)14(18,9-17)10-4-2-1-3-5-10/h1-9,18H. The third-order valence-electron chi connectivity index (χ3n) is 2.74. The van der Waals surface area contributed by atoms with Crippen LogP contribution in [0.5, 0.6) is 0 Å². The summed E-state index contributed by atoms with van der Waals surface area (Å²) in [5.41, 5.74) is -1.23. The van der Waals surface area contributed by atoms with Crippen LogP contribution in [-0.4, -0.2) is 11.4 Å². The highest BCUT2D eigenvalue weighted by atomic mass is 79.9. The van der Waals surface area contributed by atoms with E-state index in [1.54, 1.807) is 30.3 Å². The van der Waals surface area contributed by atoms with Crippen molar-refractivity contribution in [1.29, 1.82) is 0 Å². The van der Waals surface area contributed by atoms with Crippen molar-refractivity contribution in [3.8, 4) is 0 Å². The quantitative estimate of drug-likeness (QED) is 0.885. The van der Waals surface area contributed by atoms with Crippen molar-refractivity contribution in [3.05, 3.63) is 69.9 Å². The number of hydrogen-bond donors (Lipinski definition) is 1. The molecule has 2 aromatic carbocycles. The molecule has 0 aromatic heterocycles. The summed E-state index contributed by atoms with van der Waals surface area (Å²) in [6.45, 7) is 0. The fraction of sp³-hybridized carbons (Fsp3) is 0.0714. The van der Waals surface area contributed by atoms with Gasteiger partial charge in [-0.15, -0.1) is 0 Å². The third-order valence-corrected chi connectivity index (χ3v) is 3.39. The second kappa shape index (κ2) is 5.00. The molecule has 92 valence electrons.